The van der Waals surface area contributed by atoms with Crippen molar-refractivity contribution in [1.29, 1.82) is 0 Å². The number of fused-ring (bicyclic) bond motifs is 1. The highest BCUT2D eigenvalue weighted by molar-refractivity contribution is 7.89. The number of para-hydroxylation sites is 1. The maximum Gasteiger partial charge on any atom is 0.255 e. The first-order chi connectivity index (χ1) is 14.0. The predicted octanol–water partition coefficient (Wildman–Crippen LogP) is 3.46. The standard InChI is InChI=1S/C22H24N2O4S/c25-21-13-14-24(20-12-5-4-11-19(20)21)29(27,28)18-10-6-7-16(15-18)22(26)23-17-8-2-1-3-9-17/h1-3,6-10,15,19-20H,4-5,11-14H2,(H,23,26)/t19-,20+/m0/s1. The normalized spacial score (nSPS) is 22.7. The molecule has 2 aliphatic rings. The number of amides is 1. The number of piperidine rings is 1. The van der Waals surface area contributed by atoms with Crippen LogP contribution in [0.4, 0.5) is 5.69 Å². The Labute approximate surface area is 171 Å². The van der Waals surface area contributed by atoms with E-state index in [0.717, 1.165) is 19.3 Å². The van der Waals surface area contributed by atoms with Gasteiger partial charge >= 0.3 is 0 Å². The molecule has 4 rings (SSSR count). The van der Waals surface area contributed by atoms with Crippen molar-refractivity contribution in [2.75, 3.05) is 11.9 Å². The van der Waals surface area contributed by atoms with Crippen molar-refractivity contribution in [3.8, 4) is 0 Å². The molecule has 6 nitrogen and oxygen atoms in total. The minimum atomic E-state index is -3.78. The van der Waals surface area contributed by atoms with Crippen LogP contribution in [0.25, 0.3) is 0 Å². The number of Topliss-reactive ketones (excluding diaryl/α,β-unsaturated/α-hetero) is 1. The summed E-state index contributed by atoms with van der Waals surface area (Å²) in [6.45, 7) is 0.211. The van der Waals surface area contributed by atoms with Crippen molar-refractivity contribution < 1.29 is 18.0 Å². The highest BCUT2D eigenvalue weighted by Crippen LogP contribution is 2.36. The third kappa shape index (κ3) is 3.97. The molecule has 152 valence electrons. The molecule has 1 aliphatic heterocycles. The number of anilines is 1. The first-order valence-electron chi connectivity index (χ1n) is 9.98. The van der Waals surface area contributed by atoms with E-state index < -0.39 is 10.0 Å². The number of rotatable bonds is 4. The van der Waals surface area contributed by atoms with Crippen LogP contribution >= 0.6 is 0 Å². The molecule has 1 saturated carbocycles. The van der Waals surface area contributed by atoms with Crippen LogP contribution in [0.15, 0.2) is 59.5 Å². The monoisotopic (exact) mass is 412 g/mol. The number of carbonyl (C=O) groups is 2. The molecule has 2 atom stereocenters. The summed E-state index contributed by atoms with van der Waals surface area (Å²) in [7, 11) is -3.78. The number of carbonyl (C=O) groups excluding carboxylic acids is 2. The molecule has 7 heteroatoms. The van der Waals surface area contributed by atoms with E-state index in [1.807, 2.05) is 18.2 Å². The second kappa shape index (κ2) is 8.08. The van der Waals surface area contributed by atoms with Gasteiger partial charge in [-0.05, 0) is 43.2 Å². The Kier molecular flexibility index (Phi) is 5.52. The highest BCUT2D eigenvalue weighted by Gasteiger charge is 2.43. The van der Waals surface area contributed by atoms with Crippen molar-refractivity contribution in [2.24, 2.45) is 5.92 Å². The molecule has 29 heavy (non-hydrogen) atoms. The summed E-state index contributed by atoms with van der Waals surface area (Å²) in [6, 6.07) is 14.9. The molecule has 1 saturated heterocycles. The Hall–Kier alpha value is -2.51. The quantitative estimate of drug-likeness (QED) is 0.834. The molecule has 1 N–H and O–H groups in total. The van der Waals surface area contributed by atoms with Crippen LogP contribution < -0.4 is 5.32 Å². The van der Waals surface area contributed by atoms with Crippen molar-refractivity contribution in [1.82, 2.24) is 4.31 Å². The third-order valence-electron chi connectivity index (χ3n) is 5.83. The zero-order chi connectivity index (χ0) is 20.4. The SMILES string of the molecule is O=C(Nc1ccccc1)c1cccc(S(=O)(=O)N2CCC(=O)[C@H]3CCCC[C@H]32)c1. The second-order valence-corrected chi connectivity index (χ2v) is 9.53. The minimum absolute atomic E-state index is 0.0943. The molecule has 2 fully saturated rings. The summed E-state index contributed by atoms with van der Waals surface area (Å²) in [4.78, 5) is 25.0. The van der Waals surface area contributed by atoms with Crippen LogP contribution in [0.3, 0.4) is 0 Å². The molecule has 0 spiro atoms. The molecule has 0 unspecified atom stereocenters. The second-order valence-electron chi connectivity index (χ2n) is 7.64. The Morgan fingerprint density at radius 2 is 1.76 bits per heavy atom. The Morgan fingerprint density at radius 1 is 1.00 bits per heavy atom. The van der Waals surface area contributed by atoms with Gasteiger partial charge in [-0.3, -0.25) is 9.59 Å². The first kappa shape index (κ1) is 19.8. The summed E-state index contributed by atoms with van der Waals surface area (Å²) < 4.78 is 28.2. The lowest BCUT2D eigenvalue weighted by Gasteiger charge is -2.42. The van der Waals surface area contributed by atoms with E-state index in [0.29, 0.717) is 12.1 Å². The number of hydrogen-bond acceptors (Lipinski definition) is 4. The first-order valence-corrected chi connectivity index (χ1v) is 11.4. The van der Waals surface area contributed by atoms with Crippen molar-refractivity contribution >= 4 is 27.4 Å². The topological polar surface area (TPSA) is 83.6 Å². The average molecular weight is 413 g/mol. The Morgan fingerprint density at radius 3 is 2.55 bits per heavy atom. The molecule has 0 aromatic heterocycles. The van der Waals surface area contributed by atoms with Gasteiger partial charge in [0.1, 0.15) is 5.78 Å². The van der Waals surface area contributed by atoms with Crippen LogP contribution in [0, 0.1) is 5.92 Å². The van der Waals surface area contributed by atoms with Gasteiger partial charge in [0.05, 0.1) is 4.90 Å². The molecule has 1 heterocycles. The molecular weight excluding hydrogens is 388 g/mol. The van der Waals surface area contributed by atoms with Gasteiger partial charge in [0.15, 0.2) is 0 Å². The summed E-state index contributed by atoms with van der Waals surface area (Å²) in [5, 5.41) is 2.78. The third-order valence-corrected chi connectivity index (χ3v) is 7.75. The van der Waals surface area contributed by atoms with Crippen LogP contribution in [0.1, 0.15) is 42.5 Å². The van der Waals surface area contributed by atoms with E-state index in [1.54, 1.807) is 24.3 Å². The summed E-state index contributed by atoms with van der Waals surface area (Å²) >= 11 is 0. The van der Waals surface area contributed by atoms with Gasteiger partial charge < -0.3 is 5.32 Å². The van der Waals surface area contributed by atoms with Gasteiger partial charge in [-0.15, -0.1) is 0 Å². The van der Waals surface area contributed by atoms with E-state index in [-0.39, 0.29) is 47.1 Å². The van der Waals surface area contributed by atoms with Crippen molar-refractivity contribution in [3.05, 3.63) is 60.2 Å². The molecule has 0 bridgehead atoms. The van der Waals surface area contributed by atoms with Gasteiger partial charge in [0, 0.05) is 36.2 Å². The van der Waals surface area contributed by atoms with Crippen LogP contribution in [-0.2, 0) is 14.8 Å². The fourth-order valence-electron chi connectivity index (χ4n) is 4.36. The number of ketones is 1. The highest BCUT2D eigenvalue weighted by atomic mass is 32.2. The Bertz CT molecular complexity index is 1020. The largest absolute Gasteiger partial charge is 0.322 e. The molecule has 1 aliphatic carbocycles. The lowest BCUT2D eigenvalue weighted by Crippen LogP contribution is -2.53. The zero-order valence-corrected chi connectivity index (χ0v) is 16.9. The molecule has 1 amide bonds. The zero-order valence-electron chi connectivity index (χ0n) is 16.1. The predicted molar refractivity (Wildman–Crippen MR) is 110 cm³/mol. The summed E-state index contributed by atoms with van der Waals surface area (Å²) in [5.41, 5.74) is 0.925. The van der Waals surface area contributed by atoms with E-state index >= 15 is 0 Å². The number of hydrogen-bond donors (Lipinski definition) is 1. The van der Waals surface area contributed by atoms with E-state index in [4.69, 9.17) is 0 Å². The number of sulfonamides is 1. The van der Waals surface area contributed by atoms with Crippen LogP contribution in [0.5, 0.6) is 0 Å². The van der Waals surface area contributed by atoms with Crippen molar-refractivity contribution in [2.45, 2.75) is 43.0 Å². The van der Waals surface area contributed by atoms with E-state index in [9.17, 15) is 18.0 Å². The summed E-state index contributed by atoms with van der Waals surface area (Å²) in [6.07, 6.45) is 3.63. The van der Waals surface area contributed by atoms with Gasteiger partial charge in [0.2, 0.25) is 10.0 Å². The van der Waals surface area contributed by atoms with Gasteiger partial charge in [-0.1, -0.05) is 37.1 Å². The van der Waals surface area contributed by atoms with E-state index in [2.05, 4.69) is 5.32 Å². The fraction of sp³-hybridized carbons (Fsp3) is 0.364. The maximum absolute atomic E-state index is 13.4. The van der Waals surface area contributed by atoms with E-state index in [1.165, 1.54) is 16.4 Å². The number of benzene rings is 2. The lowest BCUT2D eigenvalue weighted by molar-refractivity contribution is -0.128. The maximum atomic E-state index is 13.4. The van der Waals surface area contributed by atoms with Gasteiger partial charge in [-0.2, -0.15) is 4.31 Å². The average Bonchev–Trinajstić information content (AvgIpc) is 2.75. The molecule has 2 aromatic rings. The number of nitrogens with one attached hydrogen (secondary N) is 1. The Balaban J connectivity index is 1.59. The molecular formula is C22H24N2O4S. The van der Waals surface area contributed by atoms with Crippen molar-refractivity contribution in [3.63, 3.8) is 0 Å². The fourth-order valence-corrected chi connectivity index (χ4v) is 6.10. The molecule has 0 radical (unpaired) electrons. The van der Waals surface area contributed by atoms with Gasteiger partial charge in [-0.25, -0.2) is 8.42 Å². The van der Waals surface area contributed by atoms with Crippen LogP contribution in [-0.4, -0.2) is 37.0 Å². The van der Waals surface area contributed by atoms with Crippen LogP contribution in [0.2, 0.25) is 0 Å². The summed E-state index contributed by atoms with van der Waals surface area (Å²) in [5.74, 6) is -0.383. The van der Waals surface area contributed by atoms with Gasteiger partial charge in [0.25, 0.3) is 5.91 Å². The molecule has 2 aromatic carbocycles. The lowest BCUT2D eigenvalue weighted by atomic mass is 9.79. The smallest absolute Gasteiger partial charge is 0.255 e. The number of nitrogens with zero attached hydrogens (tertiary/aromatic N) is 1. The minimum Gasteiger partial charge on any atom is -0.322 e.